The standard InChI is InChI=1S/C15H15N5O/c1-3-11-4-5-14-12(7-11)13(6-10(2)18-14)15(21)19-20-8-16-17-9-20/h4-9H,3H2,1-2H3,(H,19,21). The SMILES string of the molecule is CCc1ccc2nc(C)cc(C(=O)Nn3cnnc3)c2c1. The molecule has 0 bridgehead atoms. The molecule has 0 spiro atoms. The zero-order valence-electron chi connectivity index (χ0n) is 11.9. The van der Waals surface area contributed by atoms with Gasteiger partial charge < -0.3 is 0 Å². The fraction of sp³-hybridized carbons (Fsp3) is 0.200. The lowest BCUT2D eigenvalue weighted by molar-refractivity contribution is 0.101. The third kappa shape index (κ3) is 2.60. The van der Waals surface area contributed by atoms with Crippen molar-refractivity contribution in [3.05, 3.63) is 53.7 Å². The van der Waals surface area contributed by atoms with Gasteiger partial charge in [0.05, 0.1) is 11.1 Å². The summed E-state index contributed by atoms with van der Waals surface area (Å²) in [6, 6.07) is 7.80. The molecule has 1 aromatic carbocycles. The predicted molar refractivity (Wildman–Crippen MR) is 79.6 cm³/mol. The quantitative estimate of drug-likeness (QED) is 0.797. The monoisotopic (exact) mass is 281 g/mol. The van der Waals surface area contributed by atoms with Crippen molar-refractivity contribution in [3.63, 3.8) is 0 Å². The summed E-state index contributed by atoms with van der Waals surface area (Å²) in [4.78, 5) is 16.9. The molecular weight excluding hydrogens is 266 g/mol. The zero-order valence-corrected chi connectivity index (χ0v) is 11.9. The molecule has 21 heavy (non-hydrogen) atoms. The van der Waals surface area contributed by atoms with E-state index in [1.165, 1.54) is 22.9 Å². The van der Waals surface area contributed by atoms with Crippen molar-refractivity contribution in [3.8, 4) is 0 Å². The molecule has 0 atom stereocenters. The van der Waals surface area contributed by atoms with E-state index in [2.05, 4.69) is 27.5 Å². The topological polar surface area (TPSA) is 72.7 Å². The van der Waals surface area contributed by atoms with Crippen molar-refractivity contribution in [2.24, 2.45) is 0 Å². The first-order valence-electron chi connectivity index (χ1n) is 6.73. The third-order valence-corrected chi connectivity index (χ3v) is 3.30. The summed E-state index contributed by atoms with van der Waals surface area (Å²) in [6.07, 6.45) is 3.79. The second-order valence-corrected chi connectivity index (χ2v) is 4.83. The van der Waals surface area contributed by atoms with Crippen LogP contribution in [0.4, 0.5) is 0 Å². The Hall–Kier alpha value is -2.76. The molecule has 0 unspecified atom stereocenters. The van der Waals surface area contributed by atoms with Gasteiger partial charge in [-0.3, -0.25) is 15.2 Å². The zero-order chi connectivity index (χ0) is 14.8. The number of aromatic nitrogens is 4. The molecule has 106 valence electrons. The number of carbonyl (C=O) groups excluding carboxylic acids is 1. The Morgan fingerprint density at radius 1 is 1.24 bits per heavy atom. The lowest BCUT2D eigenvalue weighted by atomic mass is 10.0. The van der Waals surface area contributed by atoms with Gasteiger partial charge in [-0.1, -0.05) is 13.0 Å². The number of benzene rings is 1. The maximum Gasteiger partial charge on any atom is 0.270 e. The van der Waals surface area contributed by atoms with Gasteiger partial charge in [0, 0.05) is 11.1 Å². The summed E-state index contributed by atoms with van der Waals surface area (Å²) >= 11 is 0. The fourth-order valence-electron chi connectivity index (χ4n) is 2.25. The Labute approximate surface area is 121 Å². The summed E-state index contributed by atoms with van der Waals surface area (Å²) in [5.41, 5.74) is 6.12. The van der Waals surface area contributed by atoms with Crippen LogP contribution in [0.25, 0.3) is 10.9 Å². The highest BCUT2D eigenvalue weighted by Crippen LogP contribution is 2.20. The van der Waals surface area contributed by atoms with Crippen LogP contribution >= 0.6 is 0 Å². The van der Waals surface area contributed by atoms with Crippen LogP contribution in [-0.4, -0.2) is 25.8 Å². The number of nitrogens with one attached hydrogen (secondary N) is 1. The Kier molecular flexibility index (Phi) is 3.35. The molecule has 6 heteroatoms. The third-order valence-electron chi connectivity index (χ3n) is 3.30. The highest BCUT2D eigenvalue weighted by atomic mass is 16.2. The van der Waals surface area contributed by atoms with E-state index in [4.69, 9.17) is 0 Å². The number of nitrogens with zero attached hydrogens (tertiary/aromatic N) is 4. The molecule has 6 nitrogen and oxygen atoms in total. The van der Waals surface area contributed by atoms with Crippen LogP contribution < -0.4 is 5.43 Å². The number of amides is 1. The molecule has 1 amide bonds. The summed E-state index contributed by atoms with van der Waals surface area (Å²) in [5, 5.41) is 8.18. The molecule has 3 rings (SSSR count). The molecule has 0 aliphatic rings. The molecule has 0 saturated heterocycles. The van der Waals surface area contributed by atoms with Crippen LogP contribution in [0.15, 0.2) is 36.9 Å². The lowest BCUT2D eigenvalue weighted by Gasteiger charge is -2.10. The van der Waals surface area contributed by atoms with Gasteiger partial charge in [0.1, 0.15) is 12.7 Å². The minimum atomic E-state index is -0.210. The average molecular weight is 281 g/mol. The second kappa shape index (κ2) is 5.32. The van der Waals surface area contributed by atoms with Crippen LogP contribution in [0.3, 0.4) is 0 Å². The van der Waals surface area contributed by atoms with E-state index in [0.29, 0.717) is 5.56 Å². The Balaban J connectivity index is 2.09. The molecule has 0 aliphatic carbocycles. The van der Waals surface area contributed by atoms with E-state index < -0.39 is 0 Å². The van der Waals surface area contributed by atoms with E-state index in [1.54, 1.807) is 6.07 Å². The molecular formula is C15H15N5O. The van der Waals surface area contributed by atoms with E-state index >= 15 is 0 Å². The largest absolute Gasteiger partial charge is 0.270 e. The lowest BCUT2D eigenvalue weighted by Crippen LogP contribution is -2.22. The van der Waals surface area contributed by atoms with Crippen molar-refractivity contribution < 1.29 is 4.79 Å². The molecule has 3 aromatic rings. The maximum atomic E-state index is 12.5. The summed E-state index contributed by atoms with van der Waals surface area (Å²) < 4.78 is 1.42. The Bertz CT molecular complexity index is 795. The van der Waals surface area contributed by atoms with Gasteiger partial charge in [0.25, 0.3) is 5.91 Å². The number of carbonyl (C=O) groups is 1. The van der Waals surface area contributed by atoms with Crippen molar-refractivity contribution in [2.45, 2.75) is 20.3 Å². The molecule has 1 N–H and O–H groups in total. The van der Waals surface area contributed by atoms with Crippen molar-refractivity contribution in [1.29, 1.82) is 0 Å². The van der Waals surface area contributed by atoms with Crippen LogP contribution in [0.5, 0.6) is 0 Å². The number of pyridine rings is 1. The summed E-state index contributed by atoms with van der Waals surface area (Å²) in [5.74, 6) is -0.210. The van der Waals surface area contributed by atoms with Gasteiger partial charge in [-0.25, -0.2) is 4.68 Å². The first-order valence-corrected chi connectivity index (χ1v) is 6.73. The van der Waals surface area contributed by atoms with E-state index in [-0.39, 0.29) is 5.91 Å². The van der Waals surface area contributed by atoms with Gasteiger partial charge in [-0.15, -0.1) is 10.2 Å². The predicted octanol–water partition coefficient (Wildman–Crippen LogP) is 2.08. The Morgan fingerprint density at radius 3 is 2.71 bits per heavy atom. The van der Waals surface area contributed by atoms with Crippen molar-refractivity contribution in [1.82, 2.24) is 19.9 Å². The molecule has 0 aliphatic heterocycles. The van der Waals surface area contributed by atoms with Crippen molar-refractivity contribution in [2.75, 3.05) is 5.43 Å². The van der Waals surface area contributed by atoms with E-state index in [9.17, 15) is 4.79 Å². The van der Waals surface area contributed by atoms with Crippen LogP contribution in [0, 0.1) is 6.92 Å². The average Bonchev–Trinajstić information content (AvgIpc) is 2.98. The minimum absolute atomic E-state index is 0.210. The van der Waals surface area contributed by atoms with Crippen LogP contribution in [0.1, 0.15) is 28.5 Å². The first kappa shape index (κ1) is 13.2. The van der Waals surface area contributed by atoms with Gasteiger partial charge in [-0.05, 0) is 37.1 Å². The minimum Gasteiger partial charge on any atom is -0.267 e. The molecule has 2 heterocycles. The highest BCUT2D eigenvalue weighted by Gasteiger charge is 2.13. The van der Waals surface area contributed by atoms with Gasteiger partial charge >= 0.3 is 0 Å². The maximum absolute atomic E-state index is 12.5. The first-order chi connectivity index (χ1) is 10.2. The van der Waals surface area contributed by atoms with Crippen LogP contribution in [0.2, 0.25) is 0 Å². The molecule has 0 radical (unpaired) electrons. The van der Waals surface area contributed by atoms with Gasteiger partial charge in [0.15, 0.2) is 0 Å². The number of rotatable bonds is 3. The van der Waals surface area contributed by atoms with Gasteiger partial charge in [-0.2, -0.15) is 0 Å². The number of hydrogen-bond donors (Lipinski definition) is 1. The fourth-order valence-corrected chi connectivity index (χ4v) is 2.25. The molecule has 0 saturated carbocycles. The number of aryl methyl sites for hydroxylation is 2. The highest BCUT2D eigenvalue weighted by molar-refractivity contribution is 6.09. The van der Waals surface area contributed by atoms with Crippen LogP contribution in [-0.2, 0) is 6.42 Å². The summed E-state index contributed by atoms with van der Waals surface area (Å²) in [7, 11) is 0. The smallest absolute Gasteiger partial charge is 0.267 e. The van der Waals surface area contributed by atoms with E-state index in [1.807, 2.05) is 25.1 Å². The van der Waals surface area contributed by atoms with E-state index in [0.717, 1.165) is 23.0 Å². The number of hydrogen-bond acceptors (Lipinski definition) is 4. The van der Waals surface area contributed by atoms with Crippen molar-refractivity contribution >= 4 is 16.8 Å². The summed E-state index contributed by atoms with van der Waals surface area (Å²) in [6.45, 7) is 3.96. The second-order valence-electron chi connectivity index (χ2n) is 4.83. The molecule has 0 fully saturated rings. The number of fused-ring (bicyclic) bond motifs is 1. The molecule has 2 aromatic heterocycles. The Morgan fingerprint density at radius 2 is 2.00 bits per heavy atom. The normalized spacial score (nSPS) is 10.8. The van der Waals surface area contributed by atoms with Gasteiger partial charge in [0.2, 0.25) is 0 Å².